The Bertz CT molecular complexity index is 636. The average molecular weight is 319 g/mol. The van der Waals surface area contributed by atoms with E-state index >= 15 is 0 Å². The maximum Gasteiger partial charge on any atom is 0.147 e. The first-order valence-corrected chi connectivity index (χ1v) is 7.74. The molecule has 1 aromatic heterocycles. The minimum atomic E-state index is 0.124. The van der Waals surface area contributed by atoms with Crippen molar-refractivity contribution in [3.63, 3.8) is 0 Å². The van der Waals surface area contributed by atoms with Gasteiger partial charge in [-0.3, -0.25) is 0 Å². The summed E-state index contributed by atoms with van der Waals surface area (Å²) in [5, 5.41) is 0.685. The van der Waals surface area contributed by atoms with Crippen LogP contribution in [0.1, 0.15) is 5.56 Å². The Morgan fingerprint density at radius 3 is 3.09 bits per heavy atom. The average Bonchev–Trinajstić information content (AvgIpc) is 2.56. The van der Waals surface area contributed by atoms with E-state index < -0.39 is 0 Å². The second kappa shape index (κ2) is 6.99. The summed E-state index contributed by atoms with van der Waals surface area (Å²) in [4.78, 5) is 6.58. The number of hydrogen-bond donors (Lipinski definition) is 0. The van der Waals surface area contributed by atoms with Crippen LogP contribution in [0.15, 0.2) is 42.6 Å². The molecule has 0 amide bonds. The standard InChI is InChI=1S/C17H19ClN2O2/c1-21-14-5-2-4-13(10-14)11-15-12-20(8-9-22-15)17-16(18)6-3-7-19-17/h2-7,10,15H,8-9,11-12H2,1H3/t15-/m1/s1. The highest BCUT2D eigenvalue weighted by atomic mass is 35.5. The van der Waals surface area contributed by atoms with Gasteiger partial charge in [0.25, 0.3) is 0 Å². The molecule has 5 heteroatoms. The molecule has 2 aromatic rings. The Balaban J connectivity index is 1.69. The number of nitrogens with zero attached hydrogens (tertiary/aromatic N) is 2. The molecular weight excluding hydrogens is 300 g/mol. The summed E-state index contributed by atoms with van der Waals surface area (Å²) < 4.78 is 11.2. The lowest BCUT2D eigenvalue weighted by atomic mass is 10.1. The van der Waals surface area contributed by atoms with Crippen LogP contribution in [0, 0.1) is 0 Å². The van der Waals surface area contributed by atoms with Crippen LogP contribution >= 0.6 is 11.6 Å². The Morgan fingerprint density at radius 1 is 1.36 bits per heavy atom. The monoisotopic (exact) mass is 318 g/mol. The minimum Gasteiger partial charge on any atom is -0.497 e. The van der Waals surface area contributed by atoms with E-state index in [9.17, 15) is 0 Å². The lowest BCUT2D eigenvalue weighted by molar-refractivity contribution is 0.0408. The van der Waals surface area contributed by atoms with Crippen molar-refractivity contribution in [1.82, 2.24) is 4.98 Å². The van der Waals surface area contributed by atoms with Crippen molar-refractivity contribution >= 4 is 17.4 Å². The fourth-order valence-corrected chi connectivity index (χ4v) is 2.95. The second-order valence-electron chi connectivity index (χ2n) is 5.30. The Kier molecular flexibility index (Phi) is 4.80. The highest BCUT2D eigenvalue weighted by Gasteiger charge is 2.23. The van der Waals surface area contributed by atoms with Gasteiger partial charge in [-0.05, 0) is 29.8 Å². The summed E-state index contributed by atoms with van der Waals surface area (Å²) in [6.07, 6.45) is 2.74. The number of anilines is 1. The molecule has 2 heterocycles. The molecule has 0 radical (unpaired) electrons. The Labute approximate surface area is 135 Å². The van der Waals surface area contributed by atoms with Crippen molar-refractivity contribution in [1.29, 1.82) is 0 Å². The molecule has 116 valence electrons. The van der Waals surface area contributed by atoms with Crippen LogP contribution in [0.4, 0.5) is 5.82 Å². The van der Waals surface area contributed by atoms with Crippen LogP contribution in [0.5, 0.6) is 5.75 Å². The van der Waals surface area contributed by atoms with E-state index in [-0.39, 0.29) is 6.10 Å². The number of pyridine rings is 1. The van der Waals surface area contributed by atoms with Crippen molar-refractivity contribution in [3.05, 3.63) is 53.2 Å². The van der Waals surface area contributed by atoms with Crippen LogP contribution in [-0.2, 0) is 11.2 Å². The fraction of sp³-hybridized carbons (Fsp3) is 0.353. The van der Waals surface area contributed by atoms with E-state index in [1.807, 2.05) is 24.3 Å². The van der Waals surface area contributed by atoms with Gasteiger partial charge in [0.2, 0.25) is 0 Å². The van der Waals surface area contributed by atoms with E-state index in [1.54, 1.807) is 13.3 Å². The molecule has 0 bridgehead atoms. The molecule has 1 aliphatic heterocycles. The van der Waals surface area contributed by atoms with Gasteiger partial charge in [-0.2, -0.15) is 0 Å². The van der Waals surface area contributed by atoms with Gasteiger partial charge < -0.3 is 14.4 Å². The third-order valence-corrected chi connectivity index (χ3v) is 4.07. The van der Waals surface area contributed by atoms with Gasteiger partial charge in [0, 0.05) is 25.7 Å². The summed E-state index contributed by atoms with van der Waals surface area (Å²) in [7, 11) is 1.68. The maximum absolute atomic E-state index is 6.24. The number of methoxy groups -OCH3 is 1. The van der Waals surface area contributed by atoms with E-state index in [2.05, 4.69) is 22.0 Å². The van der Waals surface area contributed by atoms with Crippen molar-refractivity contribution in [2.24, 2.45) is 0 Å². The molecule has 1 atom stereocenters. The highest BCUT2D eigenvalue weighted by Crippen LogP contribution is 2.25. The zero-order chi connectivity index (χ0) is 15.4. The third-order valence-electron chi connectivity index (χ3n) is 3.77. The van der Waals surface area contributed by atoms with Gasteiger partial charge in [0.1, 0.15) is 11.6 Å². The van der Waals surface area contributed by atoms with E-state index in [0.717, 1.165) is 31.1 Å². The maximum atomic E-state index is 6.24. The van der Waals surface area contributed by atoms with Gasteiger partial charge >= 0.3 is 0 Å². The largest absolute Gasteiger partial charge is 0.497 e. The smallest absolute Gasteiger partial charge is 0.147 e. The molecular formula is C17H19ClN2O2. The number of hydrogen-bond acceptors (Lipinski definition) is 4. The molecule has 3 rings (SSSR count). The van der Waals surface area contributed by atoms with Gasteiger partial charge in [-0.1, -0.05) is 23.7 Å². The van der Waals surface area contributed by atoms with Crippen molar-refractivity contribution in [3.8, 4) is 5.75 Å². The molecule has 0 N–H and O–H groups in total. The van der Waals surface area contributed by atoms with Crippen LogP contribution in [0.25, 0.3) is 0 Å². The molecule has 0 unspecified atom stereocenters. The SMILES string of the molecule is COc1cccc(C[C@@H]2CN(c3ncccc3Cl)CCO2)c1. The molecule has 1 saturated heterocycles. The summed E-state index contributed by atoms with van der Waals surface area (Å²) in [6, 6.07) is 11.8. The van der Waals surface area contributed by atoms with Gasteiger partial charge in [-0.25, -0.2) is 4.98 Å². The van der Waals surface area contributed by atoms with E-state index in [1.165, 1.54) is 5.56 Å². The number of halogens is 1. The van der Waals surface area contributed by atoms with Crippen molar-refractivity contribution < 1.29 is 9.47 Å². The molecule has 0 saturated carbocycles. The molecule has 4 nitrogen and oxygen atoms in total. The number of benzene rings is 1. The van der Waals surface area contributed by atoms with Gasteiger partial charge in [0.15, 0.2) is 0 Å². The normalized spacial score (nSPS) is 18.3. The minimum absolute atomic E-state index is 0.124. The topological polar surface area (TPSA) is 34.6 Å². The number of morpholine rings is 1. The molecule has 0 aliphatic carbocycles. The van der Waals surface area contributed by atoms with E-state index in [0.29, 0.717) is 11.6 Å². The zero-order valence-corrected chi connectivity index (χ0v) is 13.3. The van der Waals surface area contributed by atoms with Crippen LogP contribution in [0.2, 0.25) is 5.02 Å². The quantitative estimate of drug-likeness (QED) is 0.867. The predicted octanol–water partition coefficient (Wildman–Crippen LogP) is 3.19. The lowest BCUT2D eigenvalue weighted by Gasteiger charge is -2.34. The van der Waals surface area contributed by atoms with Crippen LogP contribution in [0.3, 0.4) is 0 Å². The summed E-state index contributed by atoms with van der Waals surface area (Å²) in [5.41, 5.74) is 1.21. The summed E-state index contributed by atoms with van der Waals surface area (Å²) >= 11 is 6.24. The molecule has 1 fully saturated rings. The number of ether oxygens (including phenoxy) is 2. The van der Waals surface area contributed by atoms with Crippen LogP contribution in [-0.4, -0.2) is 37.9 Å². The Morgan fingerprint density at radius 2 is 2.27 bits per heavy atom. The summed E-state index contributed by atoms with van der Waals surface area (Å²) in [6.45, 7) is 2.28. The fourth-order valence-electron chi connectivity index (χ4n) is 2.71. The first kappa shape index (κ1) is 15.1. The number of aromatic nitrogens is 1. The lowest BCUT2D eigenvalue weighted by Crippen LogP contribution is -2.44. The van der Waals surface area contributed by atoms with Crippen molar-refractivity contribution in [2.75, 3.05) is 31.7 Å². The molecule has 0 spiro atoms. The van der Waals surface area contributed by atoms with Crippen molar-refractivity contribution in [2.45, 2.75) is 12.5 Å². The number of rotatable bonds is 4. The molecule has 1 aromatic carbocycles. The van der Waals surface area contributed by atoms with E-state index in [4.69, 9.17) is 21.1 Å². The third kappa shape index (κ3) is 3.51. The molecule has 1 aliphatic rings. The second-order valence-corrected chi connectivity index (χ2v) is 5.71. The Hall–Kier alpha value is -1.78. The summed E-state index contributed by atoms with van der Waals surface area (Å²) in [5.74, 6) is 1.71. The van der Waals surface area contributed by atoms with Crippen LogP contribution < -0.4 is 9.64 Å². The highest BCUT2D eigenvalue weighted by molar-refractivity contribution is 6.32. The van der Waals surface area contributed by atoms with Gasteiger partial charge in [-0.15, -0.1) is 0 Å². The molecule has 22 heavy (non-hydrogen) atoms. The van der Waals surface area contributed by atoms with Gasteiger partial charge in [0.05, 0.1) is 24.8 Å². The zero-order valence-electron chi connectivity index (χ0n) is 12.5. The predicted molar refractivity (Wildman–Crippen MR) is 87.9 cm³/mol. The first-order chi connectivity index (χ1) is 10.8. The first-order valence-electron chi connectivity index (χ1n) is 7.36.